The molecular formula is C11H21NOS. The van der Waals surface area contributed by atoms with Crippen LogP contribution in [-0.2, 0) is 4.84 Å². The SMILES string of the molecule is CCON1CCCC1C(=S)C(C)CC. The van der Waals surface area contributed by atoms with Crippen LogP contribution in [0, 0.1) is 5.92 Å². The molecule has 1 heterocycles. The summed E-state index contributed by atoms with van der Waals surface area (Å²) < 4.78 is 0. The third-order valence-electron chi connectivity index (χ3n) is 2.93. The minimum Gasteiger partial charge on any atom is -0.299 e. The fourth-order valence-electron chi connectivity index (χ4n) is 1.87. The van der Waals surface area contributed by atoms with Gasteiger partial charge in [-0.25, -0.2) is 0 Å². The van der Waals surface area contributed by atoms with Crippen LogP contribution < -0.4 is 0 Å². The van der Waals surface area contributed by atoms with Crippen molar-refractivity contribution in [1.29, 1.82) is 0 Å². The molecule has 1 saturated heterocycles. The van der Waals surface area contributed by atoms with Gasteiger partial charge >= 0.3 is 0 Å². The number of hydrogen-bond acceptors (Lipinski definition) is 3. The molecule has 0 amide bonds. The molecule has 2 atom stereocenters. The molecule has 0 radical (unpaired) electrons. The van der Waals surface area contributed by atoms with Crippen molar-refractivity contribution in [2.24, 2.45) is 5.92 Å². The molecule has 0 aromatic rings. The van der Waals surface area contributed by atoms with E-state index < -0.39 is 0 Å². The quantitative estimate of drug-likeness (QED) is 0.654. The summed E-state index contributed by atoms with van der Waals surface area (Å²) in [5.74, 6) is 0.538. The summed E-state index contributed by atoms with van der Waals surface area (Å²) in [5, 5.41) is 2.08. The lowest BCUT2D eigenvalue weighted by Gasteiger charge is -2.26. The van der Waals surface area contributed by atoms with E-state index in [1.807, 2.05) is 6.92 Å². The van der Waals surface area contributed by atoms with Crippen LogP contribution in [0.2, 0.25) is 0 Å². The maximum atomic E-state index is 5.58. The molecule has 2 unspecified atom stereocenters. The maximum absolute atomic E-state index is 5.58. The van der Waals surface area contributed by atoms with Gasteiger partial charge in [0.1, 0.15) is 0 Å². The Kier molecular flexibility index (Phi) is 4.99. The molecule has 1 rings (SSSR count). The highest BCUT2D eigenvalue weighted by Gasteiger charge is 2.30. The van der Waals surface area contributed by atoms with Crippen molar-refractivity contribution in [2.75, 3.05) is 13.2 Å². The van der Waals surface area contributed by atoms with Gasteiger partial charge in [0.05, 0.1) is 12.6 Å². The summed E-state index contributed by atoms with van der Waals surface area (Å²) in [7, 11) is 0. The largest absolute Gasteiger partial charge is 0.299 e. The van der Waals surface area contributed by atoms with Crippen molar-refractivity contribution in [3.05, 3.63) is 0 Å². The Morgan fingerprint density at radius 2 is 2.29 bits per heavy atom. The van der Waals surface area contributed by atoms with Gasteiger partial charge in [-0.1, -0.05) is 26.1 Å². The van der Waals surface area contributed by atoms with E-state index >= 15 is 0 Å². The first-order valence-electron chi connectivity index (χ1n) is 5.64. The molecule has 0 aromatic carbocycles. The third kappa shape index (κ3) is 2.75. The normalized spacial score (nSPS) is 25.2. The number of hydroxylamine groups is 2. The van der Waals surface area contributed by atoms with Gasteiger partial charge in [-0.3, -0.25) is 4.84 Å². The molecule has 2 nitrogen and oxygen atoms in total. The molecule has 0 N–H and O–H groups in total. The number of thiocarbonyl (C=S) groups is 1. The summed E-state index contributed by atoms with van der Waals surface area (Å²) in [5.41, 5.74) is 0. The zero-order valence-electron chi connectivity index (χ0n) is 9.45. The Morgan fingerprint density at radius 3 is 2.86 bits per heavy atom. The zero-order valence-corrected chi connectivity index (χ0v) is 10.3. The first-order valence-corrected chi connectivity index (χ1v) is 6.04. The van der Waals surface area contributed by atoms with Gasteiger partial charge in [0.25, 0.3) is 0 Å². The Balaban J connectivity index is 2.53. The minimum absolute atomic E-state index is 0.389. The molecule has 1 aliphatic heterocycles. The number of hydrogen-bond donors (Lipinski definition) is 0. The molecule has 14 heavy (non-hydrogen) atoms. The van der Waals surface area contributed by atoms with E-state index in [2.05, 4.69) is 18.9 Å². The van der Waals surface area contributed by atoms with Crippen molar-refractivity contribution in [1.82, 2.24) is 5.06 Å². The topological polar surface area (TPSA) is 12.5 Å². The van der Waals surface area contributed by atoms with E-state index in [-0.39, 0.29) is 0 Å². The summed E-state index contributed by atoms with van der Waals surface area (Å²) in [6, 6.07) is 0.389. The van der Waals surface area contributed by atoms with Crippen LogP contribution in [0.25, 0.3) is 0 Å². The van der Waals surface area contributed by atoms with Gasteiger partial charge in [-0.2, -0.15) is 5.06 Å². The van der Waals surface area contributed by atoms with E-state index in [0.717, 1.165) is 19.6 Å². The fourth-order valence-corrected chi connectivity index (χ4v) is 2.28. The first-order chi connectivity index (χ1) is 6.70. The second-order valence-electron chi connectivity index (χ2n) is 3.93. The molecule has 1 aliphatic rings. The first kappa shape index (κ1) is 12.1. The van der Waals surface area contributed by atoms with Gasteiger partial charge in [-0.05, 0) is 32.1 Å². The summed E-state index contributed by atoms with van der Waals surface area (Å²) in [4.78, 5) is 6.76. The van der Waals surface area contributed by atoms with Gasteiger partial charge in [0.15, 0.2) is 0 Å². The van der Waals surface area contributed by atoms with E-state index in [1.165, 1.54) is 17.7 Å². The molecule has 0 aromatic heterocycles. The maximum Gasteiger partial charge on any atom is 0.0667 e. The molecule has 0 spiro atoms. The number of nitrogens with zero attached hydrogens (tertiary/aromatic N) is 1. The highest BCUT2D eigenvalue weighted by Crippen LogP contribution is 2.23. The second-order valence-corrected chi connectivity index (χ2v) is 4.40. The Labute approximate surface area is 92.6 Å². The van der Waals surface area contributed by atoms with Gasteiger partial charge in [0.2, 0.25) is 0 Å². The molecular weight excluding hydrogens is 194 g/mol. The van der Waals surface area contributed by atoms with Crippen molar-refractivity contribution in [3.63, 3.8) is 0 Å². The lowest BCUT2D eigenvalue weighted by molar-refractivity contribution is -0.150. The van der Waals surface area contributed by atoms with Crippen molar-refractivity contribution in [3.8, 4) is 0 Å². The average molecular weight is 215 g/mol. The lowest BCUT2D eigenvalue weighted by atomic mass is 9.98. The Bertz CT molecular complexity index is 196. The Morgan fingerprint density at radius 1 is 1.57 bits per heavy atom. The van der Waals surface area contributed by atoms with Crippen molar-refractivity contribution >= 4 is 17.1 Å². The minimum atomic E-state index is 0.389. The molecule has 3 heteroatoms. The van der Waals surface area contributed by atoms with Crippen molar-refractivity contribution < 1.29 is 4.84 Å². The van der Waals surface area contributed by atoms with Crippen LogP contribution >= 0.6 is 12.2 Å². The van der Waals surface area contributed by atoms with Gasteiger partial charge < -0.3 is 0 Å². The standard InChI is InChI=1S/C11H21NOS/c1-4-9(3)11(14)10-7-6-8-12(10)13-5-2/h9-10H,4-8H2,1-3H3. The summed E-state index contributed by atoms with van der Waals surface area (Å²) >= 11 is 5.51. The summed E-state index contributed by atoms with van der Waals surface area (Å²) in [6.45, 7) is 8.22. The van der Waals surface area contributed by atoms with Crippen LogP contribution in [0.4, 0.5) is 0 Å². The van der Waals surface area contributed by atoms with Gasteiger partial charge in [-0.15, -0.1) is 0 Å². The third-order valence-corrected chi connectivity index (χ3v) is 3.60. The van der Waals surface area contributed by atoms with Crippen LogP contribution in [0.1, 0.15) is 40.0 Å². The van der Waals surface area contributed by atoms with E-state index in [4.69, 9.17) is 17.1 Å². The Hall–Kier alpha value is 0.01000. The van der Waals surface area contributed by atoms with Crippen LogP contribution in [0.3, 0.4) is 0 Å². The predicted octanol–water partition coefficient (Wildman–Crippen LogP) is 2.82. The monoisotopic (exact) mass is 215 g/mol. The smallest absolute Gasteiger partial charge is 0.0667 e. The van der Waals surface area contributed by atoms with Crippen LogP contribution in [-0.4, -0.2) is 29.1 Å². The molecule has 0 saturated carbocycles. The van der Waals surface area contributed by atoms with Crippen molar-refractivity contribution in [2.45, 2.75) is 46.1 Å². The fraction of sp³-hybridized carbons (Fsp3) is 0.909. The van der Waals surface area contributed by atoms with E-state index in [1.54, 1.807) is 0 Å². The average Bonchev–Trinajstić information content (AvgIpc) is 2.64. The highest BCUT2D eigenvalue weighted by molar-refractivity contribution is 7.80. The van der Waals surface area contributed by atoms with Gasteiger partial charge in [0, 0.05) is 11.4 Å². The lowest BCUT2D eigenvalue weighted by Crippen LogP contribution is -2.37. The predicted molar refractivity (Wildman–Crippen MR) is 63.4 cm³/mol. The summed E-state index contributed by atoms with van der Waals surface area (Å²) in [6.07, 6.45) is 3.51. The molecule has 0 aliphatic carbocycles. The molecule has 1 fully saturated rings. The van der Waals surface area contributed by atoms with Crippen LogP contribution in [0.5, 0.6) is 0 Å². The second kappa shape index (κ2) is 5.79. The van der Waals surface area contributed by atoms with E-state index in [0.29, 0.717) is 12.0 Å². The number of rotatable bonds is 5. The highest BCUT2D eigenvalue weighted by atomic mass is 32.1. The molecule has 0 bridgehead atoms. The molecule has 82 valence electrons. The van der Waals surface area contributed by atoms with E-state index in [9.17, 15) is 0 Å². The zero-order chi connectivity index (χ0) is 10.6. The van der Waals surface area contributed by atoms with Crippen LogP contribution in [0.15, 0.2) is 0 Å².